The Morgan fingerprint density at radius 2 is 1.89 bits per heavy atom. The summed E-state index contributed by atoms with van der Waals surface area (Å²) in [6.45, 7) is 3.48. The number of aromatic nitrogens is 2. The molecule has 1 aromatic heterocycles. The third kappa shape index (κ3) is 4.46. The molecule has 0 saturated heterocycles. The normalized spacial score (nSPS) is 10.7. The lowest BCUT2D eigenvalue weighted by molar-refractivity contribution is -0.121. The summed E-state index contributed by atoms with van der Waals surface area (Å²) in [7, 11) is 0. The number of amides is 1. The maximum Gasteiger partial charge on any atom is 0.257 e. The Labute approximate surface area is 166 Å². The molecule has 2 aromatic carbocycles. The van der Waals surface area contributed by atoms with Gasteiger partial charge in [-0.1, -0.05) is 35.9 Å². The van der Waals surface area contributed by atoms with Crippen LogP contribution in [0.3, 0.4) is 0 Å². The van der Waals surface area contributed by atoms with Crippen molar-refractivity contribution in [2.75, 3.05) is 0 Å². The van der Waals surface area contributed by atoms with E-state index in [0.717, 1.165) is 5.56 Å². The first-order chi connectivity index (χ1) is 13.3. The molecule has 28 heavy (non-hydrogen) atoms. The number of hydrogen-bond donors (Lipinski definition) is 1. The highest BCUT2D eigenvalue weighted by molar-refractivity contribution is 6.30. The molecule has 0 atom stereocenters. The largest absolute Gasteiger partial charge is 0.350 e. The molecule has 0 saturated carbocycles. The van der Waals surface area contributed by atoms with Crippen LogP contribution in [-0.2, 0) is 17.9 Å². The zero-order chi connectivity index (χ0) is 20.3. The van der Waals surface area contributed by atoms with Crippen molar-refractivity contribution in [2.45, 2.75) is 26.9 Å². The van der Waals surface area contributed by atoms with Gasteiger partial charge in [-0.15, -0.1) is 0 Å². The molecule has 0 aliphatic rings. The van der Waals surface area contributed by atoms with E-state index in [4.69, 9.17) is 11.6 Å². The minimum absolute atomic E-state index is 0.185. The number of carbonyl (C=O) groups is 1. The Hall–Kier alpha value is -2.99. The van der Waals surface area contributed by atoms with Crippen LogP contribution in [0.4, 0.5) is 4.39 Å². The molecule has 1 N–H and O–H groups in total. The lowest BCUT2D eigenvalue weighted by Crippen LogP contribution is -2.34. The highest BCUT2D eigenvalue weighted by Gasteiger charge is 2.16. The van der Waals surface area contributed by atoms with E-state index >= 15 is 0 Å². The number of rotatable bonds is 5. The van der Waals surface area contributed by atoms with Crippen LogP contribution in [0.25, 0.3) is 11.4 Å². The van der Waals surface area contributed by atoms with Gasteiger partial charge in [-0.2, -0.15) is 0 Å². The van der Waals surface area contributed by atoms with Crippen molar-refractivity contribution in [1.29, 1.82) is 0 Å². The molecular formula is C21H19ClFN3O2. The summed E-state index contributed by atoms with van der Waals surface area (Å²) in [6.07, 6.45) is 0. The summed E-state index contributed by atoms with van der Waals surface area (Å²) in [6, 6.07) is 12.8. The molecule has 0 radical (unpaired) electrons. The van der Waals surface area contributed by atoms with Gasteiger partial charge >= 0.3 is 0 Å². The van der Waals surface area contributed by atoms with Gasteiger partial charge in [0.1, 0.15) is 18.2 Å². The number of hydrogen-bond acceptors (Lipinski definition) is 3. The molecule has 0 bridgehead atoms. The lowest BCUT2D eigenvalue weighted by Gasteiger charge is -2.15. The first-order valence-electron chi connectivity index (χ1n) is 8.70. The average Bonchev–Trinajstić information content (AvgIpc) is 2.68. The molecule has 1 heterocycles. The fraction of sp³-hybridized carbons (Fsp3) is 0.190. The standard InChI is InChI=1S/C21H19ClFN3O2/c1-13-14(2)25-20(16-4-3-5-17(22)10-16)26(21(13)28)12-19(27)24-11-15-6-8-18(23)9-7-15/h3-10H,11-12H2,1-2H3,(H,24,27). The number of nitrogens with zero attached hydrogens (tertiary/aromatic N) is 2. The van der Waals surface area contributed by atoms with Crippen molar-refractivity contribution in [3.05, 3.63) is 86.5 Å². The molecule has 144 valence electrons. The molecular weight excluding hydrogens is 381 g/mol. The predicted molar refractivity (Wildman–Crippen MR) is 107 cm³/mol. The van der Waals surface area contributed by atoms with E-state index in [1.165, 1.54) is 16.7 Å². The monoisotopic (exact) mass is 399 g/mol. The zero-order valence-corrected chi connectivity index (χ0v) is 16.3. The molecule has 0 aliphatic carbocycles. The van der Waals surface area contributed by atoms with Crippen LogP contribution in [0, 0.1) is 19.7 Å². The Kier molecular flexibility index (Phi) is 5.90. The van der Waals surface area contributed by atoms with Crippen LogP contribution in [0.5, 0.6) is 0 Å². The van der Waals surface area contributed by atoms with Gasteiger partial charge in [0.05, 0.1) is 0 Å². The van der Waals surface area contributed by atoms with Crippen molar-refractivity contribution < 1.29 is 9.18 Å². The minimum Gasteiger partial charge on any atom is -0.350 e. The van der Waals surface area contributed by atoms with Crippen LogP contribution in [-0.4, -0.2) is 15.5 Å². The molecule has 0 unspecified atom stereocenters. The van der Waals surface area contributed by atoms with Crippen LogP contribution < -0.4 is 10.9 Å². The van der Waals surface area contributed by atoms with Gasteiger partial charge in [0.2, 0.25) is 5.91 Å². The van der Waals surface area contributed by atoms with Gasteiger partial charge < -0.3 is 5.32 Å². The highest BCUT2D eigenvalue weighted by Crippen LogP contribution is 2.21. The summed E-state index contributed by atoms with van der Waals surface area (Å²) < 4.78 is 14.3. The van der Waals surface area contributed by atoms with E-state index in [1.54, 1.807) is 50.2 Å². The maximum atomic E-state index is 13.0. The van der Waals surface area contributed by atoms with Crippen molar-refractivity contribution in [3.8, 4) is 11.4 Å². The van der Waals surface area contributed by atoms with Gasteiger partial charge in [-0.05, 0) is 43.7 Å². The molecule has 0 fully saturated rings. The van der Waals surface area contributed by atoms with Gasteiger partial charge in [0.25, 0.3) is 5.56 Å². The summed E-state index contributed by atoms with van der Waals surface area (Å²) >= 11 is 6.07. The van der Waals surface area contributed by atoms with Gasteiger partial charge in [0, 0.05) is 28.4 Å². The fourth-order valence-electron chi connectivity index (χ4n) is 2.75. The quantitative estimate of drug-likeness (QED) is 0.712. The SMILES string of the molecule is Cc1nc(-c2cccc(Cl)c2)n(CC(=O)NCc2ccc(F)cc2)c(=O)c1C. The van der Waals surface area contributed by atoms with Crippen LogP contribution in [0.2, 0.25) is 5.02 Å². The third-order valence-corrected chi connectivity index (χ3v) is 4.66. The first-order valence-corrected chi connectivity index (χ1v) is 9.08. The number of nitrogens with one attached hydrogen (secondary N) is 1. The van der Waals surface area contributed by atoms with Gasteiger partial charge in [0.15, 0.2) is 0 Å². The average molecular weight is 400 g/mol. The van der Waals surface area contributed by atoms with Crippen LogP contribution >= 0.6 is 11.6 Å². The topological polar surface area (TPSA) is 64.0 Å². The maximum absolute atomic E-state index is 13.0. The second kappa shape index (κ2) is 8.35. The second-order valence-corrected chi connectivity index (χ2v) is 6.89. The molecule has 0 aliphatic heterocycles. The third-order valence-electron chi connectivity index (χ3n) is 4.43. The van der Waals surface area contributed by atoms with E-state index in [0.29, 0.717) is 27.7 Å². The predicted octanol–water partition coefficient (Wildman–Crippen LogP) is 3.64. The molecule has 0 spiro atoms. The number of aryl methyl sites for hydroxylation is 1. The number of carbonyl (C=O) groups excluding carboxylic acids is 1. The lowest BCUT2D eigenvalue weighted by atomic mass is 10.1. The Balaban J connectivity index is 1.88. The van der Waals surface area contributed by atoms with Crippen molar-refractivity contribution in [3.63, 3.8) is 0 Å². The molecule has 3 rings (SSSR count). The van der Waals surface area contributed by atoms with Crippen molar-refractivity contribution in [1.82, 2.24) is 14.9 Å². The summed E-state index contributed by atoms with van der Waals surface area (Å²) in [5.41, 5.74) is 2.22. The van der Waals surface area contributed by atoms with Crippen LogP contribution in [0.15, 0.2) is 53.3 Å². The second-order valence-electron chi connectivity index (χ2n) is 6.45. The molecule has 1 amide bonds. The van der Waals surface area contributed by atoms with Gasteiger partial charge in [-0.25, -0.2) is 9.37 Å². The summed E-state index contributed by atoms with van der Waals surface area (Å²) in [4.78, 5) is 29.7. The smallest absolute Gasteiger partial charge is 0.257 e. The van der Waals surface area contributed by atoms with Crippen molar-refractivity contribution >= 4 is 17.5 Å². The van der Waals surface area contributed by atoms with E-state index < -0.39 is 0 Å². The van der Waals surface area contributed by atoms with E-state index in [2.05, 4.69) is 10.3 Å². The fourth-order valence-corrected chi connectivity index (χ4v) is 2.94. The molecule has 7 heteroatoms. The first kappa shape index (κ1) is 19.8. The number of halogens is 2. The number of benzene rings is 2. The summed E-state index contributed by atoms with van der Waals surface area (Å²) in [5.74, 6) is -0.304. The summed E-state index contributed by atoms with van der Waals surface area (Å²) in [5, 5.41) is 3.25. The van der Waals surface area contributed by atoms with E-state index in [9.17, 15) is 14.0 Å². The Morgan fingerprint density at radius 3 is 2.57 bits per heavy atom. The molecule has 5 nitrogen and oxygen atoms in total. The van der Waals surface area contributed by atoms with Crippen molar-refractivity contribution in [2.24, 2.45) is 0 Å². The minimum atomic E-state index is -0.347. The highest BCUT2D eigenvalue weighted by atomic mass is 35.5. The molecule has 3 aromatic rings. The van der Waals surface area contributed by atoms with Crippen LogP contribution in [0.1, 0.15) is 16.8 Å². The Morgan fingerprint density at radius 1 is 1.18 bits per heavy atom. The van der Waals surface area contributed by atoms with E-state index in [-0.39, 0.29) is 30.4 Å². The zero-order valence-electron chi connectivity index (χ0n) is 15.5. The van der Waals surface area contributed by atoms with E-state index in [1.807, 2.05) is 0 Å². The Bertz CT molecular complexity index is 1080. The van der Waals surface area contributed by atoms with Gasteiger partial charge in [-0.3, -0.25) is 14.2 Å².